The van der Waals surface area contributed by atoms with E-state index in [1.165, 1.54) is 29.6 Å². The smallest absolute Gasteiger partial charge is 0.252 e. The molecule has 1 aliphatic heterocycles. The number of amides is 1. The number of methoxy groups -OCH3 is 1. The summed E-state index contributed by atoms with van der Waals surface area (Å²) in [5.74, 6) is 0.192. The lowest BCUT2D eigenvalue weighted by molar-refractivity contribution is 0.0997. The van der Waals surface area contributed by atoms with Gasteiger partial charge in [0.1, 0.15) is 5.75 Å². The molecule has 2 aromatic rings. The Labute approximate surface area is 169 Å². The molecule has 0 atom stereocenters. The zero-order valence-corrected chi connectivity index (χ0v) is 17.4. The van der Waals surface area contributed by atoms with Crippen LogP contribution in [0.25, 0.3) is 0 Å². The molecule has 1 aromatic carbocycles. The van der Waals surface area contributed by atoms with Gasteiger partial charge in [-0.3, -0.25) is 4.79 Å². The van der Waals surface area contributed by atoms with Crippen LogP contribution in [0, 0.1) is 0 Å². The van der Waals surface area contributed by atoms with Crippen molar-refractivity contribution < 1.29 is 17.9 Å². The van der Waals surface area contributed by atoms with Gasteiger partial charge in [-0.15, -0.1) is 5.10 Å². The summed E-state index contributed by atoms with van der Waals surface area (Å²) in [7, 11) is 1.46. The minimum atomic E-state index is -3.77. The van der Waals surface area contributed by atoms with Crippen LogP contribution in [-0.4, -0.2) is 76.2 Å². The molecule has 10 nitrogen and oxygen atoms in total. The quantitative estimate of drug-likeness (QED) is 0.701. The molecule has 2 N–H and O–H groups in total. The van der Waals surface area contributed by atoms with Crippen molar-refractivity contribution in [2.45, 2.75) is 4.90 Å². The van der Waals surface area contributed by atoms with Gasteiger partial charge < -0.3 is 20.3 Å². The Balaban J connectivity index is 1.77. The number of anilines is 2. The third kappa shape index (κ3) is 4.25. The van der Waals surface area contributed by atoms with Gasteiger partial charge in [-0.05, 0) is 18.2 Å². The second-order valence-electron chi connectivity index (χ2n) is 6.78. The number of nitrogens with two attached hydrogens (primary N) is 1. The number of piperazine rings is 1. The predicted molar refractivity (Wildman–Crippen MR) is 109 cm³/mol. The van der Waals surface area contributed by atoms with E-state index >= 15 is 0 Å². The second kappa shape index (κ2) is 8.21. The Morgan fingerprint density at radius 1 is 1.17 bits per heavy atom. The van der Waals surface area contributed by atoms with Gasteiger partial charge in [0.05, 0.1) is 29.5 Å². The molecule has 156 valence electrons. The summed E-state index contributed by atoms with van der Waals surface area (Å²) >= 11 is 0. The number of carbonyl (C=O) groups excluding carboxylic acids is 1. The van der Waals surface area contributed by atoms with Crippen molar-refractivity contribution in [3.63, 3.8) is 0 Å². The summed E-state index contributed by atoms with van der Waals surface area (Å²) in [5, 5.41) is 8.18. The molecular weight excluding hydrogens is 396 g/mol. The number of rotatable bonds is 6. The van der Waals surface area contributed by atoms with Gasteiger partial charge in [0.2, 0.25) is 10.0 Å². The van der Waals surface area contributed by atoms with Gasteiger partial charge >= 0.3 is 0 Å². The standard InChI is InChI=1S/C18H24N6O4S/c1-22(2)13-10-17(21-20-12-13)23-6-8-24(9-7-23)29(26,27)14-4-5-16(28-3)15(11-14)18(19)25/h4-5,10-12H,6-9H2,1-3H3,(H2,19,25). The molecule has 0 unspecified atom stereocenters. The number of hydrogen-bond acceptors (Lipinski definition) is 8. The molecule has 29 heavy (non-hydrogen) atoms. The van der Waals surface area contributed by atoms with Gasteiger partial charge in [-0.2, -0.15) is 9.40 Å². The molecule has 1 aromatic heterocycles. The first-order valence-corrected chi connectivity index (χ1v) is 10.4. The van der Waals surface area contributed by atoms with E-state index in [9.17, 15) is 13.2 Å². The maximum Gasteiger partial charge on any atom is 0.252 e. The summed E-state index contributed by atoms with van der Waals surface area (Å²) in [6, 6.07) is 6.03. The van der Waals surface area contributed by atoms with E-state index in [4.69, 9.17) is 10.5 Å². The molecule has 1 saturated heterocycles. The lowest BCUT2D eigenvalue weighted by Crippen LogP contribution is -2.49. The zero-order valence-electron chi connectivity index (χ0n) is 16.6. The van der Waals surface area contributed by atoms with Crippen LogP contribution in [0.15, 0.2) is 35.4 Å². The van der Waals surface area contributed by atoms with Crippen LogP contribution in [-0.2, 0) is 10.0 Å². The Morgan fingerprint density at radius 2 is 1.86 bits per heavy atom. The van der Waals surface area contributed by atoms with E-state index in [0.717, 1.165) is 5.69 Å². The summed E-state index contributed by atoms with van der Waals surface area (Å²) in [4.78, 5) is 15.6. The minimum Gasteiger partial charge on any atom is -0.496 e. The van der Waals surface area contributed by atoms with Crippen LogP contribution in [0.5, 0.6) is 5.75 Å². The van der Waals surface area contributed by atoms with E-state index in [1.807, 2.05) is 30.0 Å². The number of benzene rings is 1. The Kier molecular flexibility index (Phi) is 5.89. The first kappa shape index (κ1) is 20.8. The van der Waals surface area contributed by atoms with Crippen molar-refractivity contribution in [1.82, 2.24) is 14.5 Å². The van der Waals surface area contributed by atoms with E-state index in [-0.39, 0.29) is 29.3 Å². The Bertz CT molecular complexity index is 1000. The number of nitrogens with zero attached hydrogens (tertiary/aromatic N) is 5. The molecular formula is C18H24N6O4S. The number of primary amides is 1. The van der Waals surface area contributed by atoms with E-state index in [2.05, 4.69) is 10.2 Å². The van der Waals surface area contributed by atoms with Crippen molar-refractivity contribution in [3.05, 3.63) is 36.0 Å². The third-order valence-electron chi connectivity index (χ3n) is 4.78. The van der Waals surface area contributed by atoms with Crippen molar-refractivity contribution in [2.24, 2.45) is 5.73 Å². The number of sulfonamides is 1. The number of ether oxygens (including phenoxy) is 1. The summed E-state index contributed by atoms with van der Waals surface area (Å²) in [5.41, 5.74) is 6.30. The van der Waals surface area contributed by atoms with Crippen molar-refractivity contribution in [1.29, 1.82) is 0 Å². The number of hydrogen-bond donors (Lipinski definition) is 1. The molecule has 0 saturated carbocycles. The molecule has 0 radical (unpaired) electrons. The van der Waals surface area contributed by atoms with Crippen molar-refractivity contribution in [2.75, 3.05) is 57.2 Å². The fraction of sp³-hybridized carbons (Fsp3) is 0.389. The lowest BCUT2D eigenvalue weighted by atomic mass is 10.2. The molecule has 1 aliphatic rings. The fourth-order valence-corrected chi connectivity index (χ4v) is 4.54. The van der Waals surface area contributed by atoms with Crippen molar-refractivity contribution in [3.8, 4) is 5.75 Å². The normalized spacial score (nSPS) is 15.2. The SMILES string of the molecule is COc1ccc(S(=O)(=O)N2CCN(c3cc(N(C)C)cnn3)CC2)cc1C(N)=O. The monoisotopic (exact) mass is 420 g/mol. The third-order valence-corrected chi connectivity index (χ3v) is 6.68. The van der Waals surface area contributed by atoms with E-state index in [1.54, 1.807) is 6.20 Å². The fourth-order valence-electron chi connectivity index (χ4n) is 3.09. The average Bonchev–Trinajstić information content (AvgIpc) is 2.73. The topological polar surface area (TPSA) is 122 Å². The highest BCUT2D eigenvalue weighted by atomic mass is 32.2. The molecule has 3 rings (SSSR count). The molecule has 0 spiro atoms. The van der Waals surface area contributed by atoms with E-state index < -0.39 is 15.9 Å². The molecule has 0 aliphatic carbocycles. The molecule has 11 heteroatoms. The number of aromatic nitrogens is 2. The second-order valence-corrected chi connectivity index (χ2v) is 8.72. The van der Waals surface area contributed by atoms with Gasteiger partial charge in [-0.1, -0.05) is 0 Å². The summed E-state index contributed by atoms with van der Waals surface area (Å²) < 4.78 is 32.5. The first-order chi connectivity index (χ1) is 13.7. The van der Waals surface area contributed by atoms with Gasteiger partial charge in [0.15, 0.2) is 5.82 Å². The highest BCUT2D eigenvalue weighted by Crippen LogP contribution is 2.26. The average molecular weight is 420 g/mol. The van der Waals surface area contributed by atoms with Crippen LogP contribution < -0.4 is 20.3 Å². The molecule has 1 amide bonds. The molecule has 0 bridgehead atoms. The van der Waals surface area contributed by atoms with Crippen LogP contribution in [0.1, 0.15) is 10.4 Å². The maximum absolute atomic E-state index is 13.0. The predicted octanol–water partition coefficient (Wildman–Crippen LogP) is 0.161. The van der Waals surface area contributed by atoms with Gasteiger partial charge in [-0.25, -0.2) is 8.42 Å². The highest BCUT2D eigenvalue weighted by Gasteiger charge is 2.30. The highest BCUT2D eigenvalue weighted by molar-refractivity contribution is 7.89. The Morgan fingerprint density at radius 3 is 2.45 bits per heavy atom. The van der Waals surface area contributed by atoms with Gasteiger partial charge in [0.25, 0.3) is 5.91 Å². The maximum atomic E-state index is 13.0. The van der Waals surface area contributed by atoms with Crippen LogP contribution in [0.2, 0.25) is 0 Å². The largest absolute Gasteiger partial charge is 0.496 e. The summed E-state index contributed by atoms with van der Waals surface area (Å²) in [6.45, 7) is 1.52. The molecule has 1 fully saturated rings. The van der Waals surface area contributed by atoms with Crippen molar-refractivity contribution >= 4 is 27.4 Å². The van der Waals surface area contributed by atoms with Gasteiger partial charge in [0, 0.05) is 46.3 Å². The lowest BCUT2D eigenvalue weighted by Gasteiger charge is -2.34. The minimum absolute atomic E-state index is 0.00921. The Hall–Kier alpha value is -2.92. The van der Waals surface area contributed by atoms with E-state index in [0.29, 0.717) is 18.9 Å². The number of carbonyl (C=O) groups is 1. The van der Waals surface area contributed by atoms with Crippen LogP contribution in [0.3, 0.4) is 0 Å². The van der Waals surface area contributed by atoms with Crippen LogP contribution in [0.4, 0.5) is 11.5 Å². The zero-order chi connectivity index (χ0) is 21.2. The van der Waals surface area contributed by atoms with Crippen LogP contribution >= 0.6 is 0 Å². The first-order valence-electron chi connectivity index (χ1n) is 8.97. The summed E-state index contributed by atoms with van der Waals surface area (Å²) in [6.07, 6.45) is 1.67. The molecule has 2 heterocycles.